The number of likely N-dealkylation sites (tertiary alicyclic amines) is 1. The number of likely N-dealkylation sites (N-methyl/N-ethyl adjacent to an activating group) is 8. The van der Waals surface area contributed by atoms with Gasteiger partial charge in [0.25, 0.3) is 5.92 Å². The lowest BCUT2D eigenvalue weighted by Gasteiger charge is -2.45. The molecule has 0 bridgehead atoms. The van der Waals surface area contributed by atoms with Crippen LogP contribution in [0.2, 0.25) is 5.02 Å². The zero-order valence-corrected chi connectivity index (χ0v) is 64.3. The molecular formula is C72H106ClF8N13O13. The van der Waals surface area contributed by atoms with Crippen molar-refractivity contribution in [1.82, 2.24) is 64.9 Å². The number of halogens is 9. The van der Waals surface area contributed by atoms with Gasteiger partial charge in [-0.3, -0.25) is 62.3 Å². The van der Waals surface area contributed by atoms with Crippen LogP contribution in [0, 0.1) is 23.7 Å². The molecule has 5 aliphatic rings. The molecule has 35 heteroatoms. The van der Waals surface area contributed by atoms with Gasteiger partial charge in [-0.05, 0) is 93.2 Å². The highest BCUT2D eigenvalue weighted by molar-refractivity contribution is 6.31. The van der Waals surface area contributed by atoms with Crippen LogP contribution in [0.3, 0.4) is 0 Å². The average Bonchev–Trinajstić information content (AvgIpc) is 1.71. The van der Waals surface area contributed by atoms with Crippen LogP contribution in [0.1, 0.15) is 155 Å². The summed E-state index contributed by atoms with van der Waals surface area (Å²) < 4.78 is 116. The van der Waals surface area contributed by atoms with Crippen LogP contribution >= 0.6 is 11.6 Å². The third-order valence-electron chi connectivity index (χ3n) is 21.8. The quantitative estimate of drug-likeness (QED) is 0.198. The molecule has 1 aromatic rings. The monoisotopic (exact) mass is 1550 g/mol. The zero-order valence-electron chi connectivity index (χ0n) is 63.6. The molecule has 2 aliphatic carbocycles. The minimum absolute atomic E-state index is 0.0165. The summed E-state index contributed by atoms with van der Waals surface area (Å²) in [5, 5.41) is 6.53. The van der Waals surface area contributed by atoms with Crippen molar-refractivity contribution in [2.75, 3.05) is 89.6 Å². The van der Waals surface area contributed by atoms with E-state index in [-0.39, 0.29) is 56.0 Å². The summed E-state index contributed by atoms with van der Waals surface area (Å²) >= 11 is 6.08. The van der Waals surface area contributed by atoms with Gasteiger partial charge in [0.05, 0.1) is 49.5 Å². The number of rotatable bonds is 14. The lowest BCUT2D eigenvalue weighted by Crippen LogP contribution is -2.65. The van der Waals surface area contributed by atoms with E-state index >= 15 is 37.1 Å². The first-order valence-electron chi connectivity index (χ1n) is 36.6. The van der Waals surface area contributed by atoms with Crippen molar-refractivity contribution in [3.05, 3.63) is 34.3 Å². The molecule has 3 aliphatic heterocycles. The molecule has 6 rings (SSSR count). The third-order valence-corrected chi connectivity index (χ3v) is 22.2. The fraction of sp³-hybridized carbons (Fsp3) is 0.736. The fourth-order valence-electron chi connectivity index (χ4n) is 14.8. The highest BCUT2D eigenvalue weighted by Crippen LogP contribution is 2.38. The Hall–Kier alpha value is -7.94. The first-order valence-corrected chi connectivity index (χ1v) is 36.9. The second kappa shape index (κ2) is 37.0. The Balaban J connectivity index is 1.51. The number of nitrogens with zero attached hydrogens (tertiary/aromatic N) is 10. The Labute approximate surface area is 624 Å². The fourth-order valence-corrected chi connectivity index (χ4v) is 15.1. The van der Waals surface area contributed by atoms with E-state index in [0.717, 1.165) is 77.0 Å². The lowest BCUT2D eigenvalue weighted by molar-refractivity contribution is -0.168. The Morgan fingerprint density at radius 1 is 0.654 bits per heavy atom. The second-order valence-electron chi connectivity index (χ2n) is 30.3. The molecule has 5 fully saturated rings. The van der Waals surface area contributed by atoms with Crippen LogP contribution < -0.4 is 16.0 Å². The average molecular weight is 1550 g/mol. The van der Waals surface area contributed by atoms with Crippen LogP contribution in [-0.4, -0.2) is 288 Å². The van der Waals surface area contributed by atoms with E-state index in [4.69, 9.17) is 11.6 Å². The maximum Gasteiger partial charge on any atom is 0.417 e. The van der Waals surface area contributed by atoms with Crippen molar-refractivity contribution < 1.29 is 97.5 Å². The predicted octanol–water partition coefficient (Wildman–Crippen LogP) is 5.35. The summed E-state index contributed by atoms with van der Waals surface area (Å²) in [7, 11) is 10.8. The number of aryl methyl sites for hydroxylation is 1. The minimum Gasteiger partial charge on any atom is -0.347 e. The number of amides is 13. The Kier molecular flexibility index (Phi) is 30.4. The van der Waals surface area contributed by atoms with Gasteiger partial charge in [0.2, 0.25) is 76.8 Å². The molecule has 26 nitrogen and oxygen atoms in total. The van der Waals surface area contributed by atoms with E-state index in [1.165, 1.54) is 59.0 Å². The van der Waals surface area contributed by atoms with Crippen molar-refractivity contribution in [3.8, 4) is 0 Å². The van der Waals surface area contributed by atoms with Crippen LogP contribution in [0.5, 0.6) is 0 Å². The van der Waals surface area contributed by atoms with Gasteiger partial charge in [0, 0.05) is 70.0 Å². The number of hydrogen-bond acceptors (Lipinski definition) is 13. The smallest absolute Gasteiger partial charge is 0.347 e. The van der Waals surface area contributed by atoms with Crippen LogP contribution in [-0.2, 0) is 74.9 Å². The van der Waals surface area contributed by atoms with E-state index in [9.17, 15) is 60.3 Å². The predicted molar refractivity (Wildman–Crippen MR) is 376 cm³/mol. The molecule has 3 heterocycles. The van der Waals surface area contributed by atoms with E-state index in [0.29, 0.717) is 52.9 Å². The zero-order chi connectivity index (χ0) is 80.4. The van der Waals surface area contributed by atoms with Crippen molar-refractivity contribution in [2.45, 2.75) is 229 Å². The van der Waals surface area contributed by atoms with Gasteiger partial charge in [0.15, 0.2) is 0 Å². The van der Waals surface area contributed by atoms with Crippen LogP contribution in [0.15, 0.2) is 18.2 Å². The number of carbonyl (C=O) groups excluding carboxylic acids is 13. The minimum atomic E-state index is -5.33. The maximum absolute atomic E-state index is 15.4. The number of carbonyl (C=O) groups is 13. The standard InChI is InChI=1S/C72H106ClF8N13O13/c1-15-41(4)58-68(106)87(9)42(5)62(100)94-30-29-50(94)67(105)90(12)53(33-43-21-17-16-18-22-43)66(104)86(8)37-55(95)82-48(28-26-44-25-27-46(47(73)32-44)72(79,80)81)63(101)89(11)52(34-57(97)93-38-70(74,75)39-93)60(98)83-49(36-71(76,77)78)64(102)92(14)59(45-23-19-20-24-45)69(107)91(13)54(65(103)85(6)7)35-56(96)88(10)51(31-40(2)3)61(99)84-58/h25,27,32,40-43,45,48-54,58-59H,15-24,26,28-31,33-39H2,1-14H3,(H,82,95)(H,83,98)(H,84,99)/t41-,42-,48-,49-,50?,51-,52-,53-,54-,58-,59-/m0/s1. The molecule has 1 aromatic carbocycles. The summed E-state index contributed by atoms with van der Waals surface area (Å²) in [6.07, 6.45) is -9.80. The lowest BCUT2D eigenvalue weighted by atomic mass is 9.84. The van der Waals surface area contributed by atoms with E-state index in [2.05, 4.69) is 10.6 Å². The molecule has 107 heavy (non-hydrogen) atoms. The summed E-state index contributed by atoms with van der Waals surface area (Å²) in [4.78, 5) is 202. The number of nitrogens with one attached hydrogen (secondary N) is 3. The van der Waals surface area contributed by atoms with Gasteiger partial charge in [0.1, 0.15) is 60.4 Å². The molecule has 0 aromatic heterocycles. The first kappa shape index (κ1) is 88.0. The number of benzene rings is 1. The first-order chi connectivity index (χ1) is 49.7. The molecule has 3 N–H and O–H groups in total. The maximum atomic E-state index is 15.4. The Bertz CT molecular complexity index is 3420. The molecule has 1 unspecified atom stereocenters. The van der Waals surface area contributed by atoms with Gasteiger partial charge in [-0.25, -0.2) is 8.78 Å². The van der Waals surface area contributed by atoms with Gasteiger partial charge < -0.3 is 64.9 Å². The highest BCUT2D eigenvalue weighted by Gasteiger charge is 2.51. The summed E-state index contributed by atoms with van der Waals surface area (Å²) in [5.74, 6) is -18.6. The van der Waals surface area contributed by atoms with Crippen molar-refractivity contribution >= 4 is 88.4 Å². The molecule has 13 amide bonds. The highest BCUT2D eigenvalue weighted by atomic mass is 35.5. The molecule has 0 spiro atoms. The molecule has 11 atom stereocenters. The molecule has 2 saturated carbocycles. The SMILES string of the molecule is CC[C@H](C)[C@@H]1NC(=O)[C@H](CC(C)C)N(C)C(=O)C[C@@H](C(=O)N(C)C)N(C)C(=O)[C@H](C2CCCC2)N(C)C(=O)[C@H](CC(F)(F)F)NC(=O)[C@H](CC(=O)N2CC(F)(F)C2)N(C)C(=O)[C@H](CCc2ccc(C(F)(F)F)c(Cl)c2)NC(=O)CN(C)C(=O)[C@H](CC2CCCCC2)N(C)C(=O)C2CCN2C(=O)[C@H](C)N(C)C1=O. The summed E-state index contributed by atoms with van der Waals surface area (Å²) in [5.41, 5.74) is -1.18. The van der Waals surface area contributed by atoms with Gasteiger partial charge in [-0.1, -0.05) is 96.7 Å². The summed E-state index contributed by atoms with van der Waals surface area (Å²) in [6, 6.07) is -14.2. The molecular weight excluding hydrogens is 1440 g/mol. The van der Waals surface area contributed by atoms with Crippen molar-refractivity contribution in [3.63, 3.8) is 0 Å². The number of fused-ring (bicyclic) bond motifs is 1. The van der Waals surface area contributed by atoms with Crippen LogP contribution in [0.25, 0.3) is 0 Å². The van der Waals surface area contributed by atoms with Gasteiger partial charge in [-0.2, -0.15) is 26.3 Å². The largest absolute Gasteiger partial charge is 0.417 e. The number of hydrogen-bond donors (Lipinski definition) is 3. The second-order valence-corrected chi connectivity index (χ2v) is 30.8. The Morgan fingerprint density at radius 3 is 1.77 bits per heavy atom. The third kappa shape index (κ3) is 22.4. The van der Waals surface area contributed by atoms with E-state index in [1.807, 2.05) is 5.32 Å². The molecule has 0 radical (unpaired) electrons. The van der Waals surface area contributed by atoms with Gasteiger partial charge in [-0.15, -0.1) is 0 Å². The molecule has 3 saturated heterocycles. The topological polar surface area (TPSA) is 290 Å². The van der Waals surface area contributed by atoms with E-state index in [1.54, 1.807) is 27.7 Å². The van der Waals surface area contributed by atoms with Crippen molar-refractivity contribution in [2.24, 2.45) is 23.7 Å². The van der Waals surface area contributed by atoms with Crippen molar-refractivity contribution in [1.29, 1.82) is 0 Å². The van der Waals surface area contributed by atoms with E-state index < -0.39 is 230 Å². The van der Waals surface area contributed by atoms with Gasteiger partial charge >= 0.3 is 12.4 Å². The normalized spacial score (nSPS) is 27.1. The van der Waals surface area contributed by atoms with Crippen LogP contribution in [0.4, 0.5) is 35.1 Å². The summed E-state index contributed by atoms with van der Waals surface area (Å²) in [6.45, 7) is 5.22. The number of alkyl halides is 8. The molecule has 600 valence electrons. The Morgan fingerprint density at radius 2 is 1.23 bits per heavy atom.